The third-order valence-corrected chi connectivity index (χ3v) is 4.04. The number of rotatable bonds is 3. The minimum Gasteiger partial charge on any atom is -0.260 e. The van der Waals surface area contributed by atoms with Crippen LogP contribution in [0.2, 0.25) is 5.02 Å². The molecular weight excluding hydrogens is 266 g/mol. The molecule has 1 aromatic heterocycles. The van der Waals surface area contributed by atoms with Crippen LogP contribution in [0.3, 0.4) is 0 Å². The lowest BCUT2D eigenvalue weighted by Gasteiger charge is -2.03. The highest BCUT2D eigenvalue weighted by atomic mass is 35.5. The van der Waals surface area contributed by atoms with Crippen LogP contribution in [0.1, 0.15) is 16.8 Å². The molecule has 0 fully saturated rings. The molecule has 2 aromatic rings. The van der Waals surface area contributed by atoms with Gasteiger partial charge in [-0.25, -0.2) is 0 Å². The largest absolute Gasteiger partial charge is 0.260 e. The molecule has 1 heterocycles. The molecule has 0 aliphatic rings. The second-order valence-electron chi connectivity index (χ2n) is 3.92. The standard InChI is InChI=1S/C13H12ClN3S/c1-9-12(7-15)13(17(2)16-9)18-8-10-3-5-11(14)6-4-10/h3-6H,8H2,1-2H3. The highest BCUT2D eigenvalue weighted by Gasteiger charge is 2.13. The van der Waals surface area contributed by atoms with Crippen molar-refractivity contribution in [3.63, 3.8) is 0 Å². The van der Waals surface area contributed by atoms with Gasteiger partial charge in [-0.15, -0.1) is 11.8 Å². The van der Waals surface area contributed by atoms with Crippen molar-refractivity contribution >= 4 is 23.4 Å². The van der Waals surface area contributed by atoms with Crippen LogP contribution in [0.5, 0.6) is 0 Å². The molecule has 0 spiro atoms. The van der Waals surface area contributed by atoms with Gasteiger partial charge in [0.05, 0.1) is 5.69 Å². The Morgan fingerprint density at radius 3 is 2.67 bits per heavy atom. The van der Waals surface area contributed by atoms with Gasteiger partial charge in [0.25, 0.3) is 0 Å². The van der Waals surface area contributed by atoms with E-state index in [4.69, 9.17) is 16.9 Å². The predicted molar refractivity (Wildman–Crippen MR) is 73.7 cm³/mol. The highest BCUT2D eigenvalue weighted by molar-refractivity contribution is 7.98. The fourth-order valence-electron chi connectivity index (χ4n) is 1.66. The summed E-state index contributed by atoms with van der Waals surface area (Å²) in [7, 11) is 1.86. The summed E-state index contributed by atoms with van der Waals surface area (Å²) in [5, 5.41) is 15.0. The maximum Gasteiger partial charge on any atom is 0.112 e. The van der Waals surface area contributed by atoms with E-state index in [0.29, 0.717) is 5.56 Å². The molecule has 18 heavy (non-hydrogen) atoms. The lowest BCUT2D eigenvalue weighted by Crippen LogP contribution is -1.93. The molecule has 0 saturated carbocycles. The summed E-state index contributed by atoms with van der Waals surface area (Å²) in [5.74, 6) is 0.796. The number of nitrogens with zero attached hydrogens (tertiary/aromatic N) is 3. The summed E-state index contributed by atoms with van der Waals surface area (Å²) in [6.45, 7) is 1.85. The zero-order chi connectivity index (χ0) is 13.1. The molecule has 0 unspecified atom stereocenters. The van der Waals surface area contributed by atoms with Crippen molar-refractivity contribution in [1.29, 1.82) is 5.26 Å². The number of hydrogen-bond acceptors (Lipinski definition) is 3. The van der Waals surface area contributed by atoms with E-state index in [-0.39, 0.29) is 0 Å². The molecule has 2 rings (SSSR count). The number of hydrogen-bond donors (Lipinski definition) is 0. The molecule has 0 bridgehead atoms. The van der Waals surface area contributed by atoms with Gasteiger partial charge in [0.15, 0.2) is 0 Å². The molecule has 0 aliphatic heterocycles. The molecule has 1 aromatic carbocycles. The smallest absolute Gasteiger partial charge is 0.112 e. The molecule has 5 heteroatoms. The van der Waals surface area contributed by atoms with Gasteiger partial charge in [-0.05, 0) is 24.6 Å². The maximum atomic E-state index is 9.11. The summed E-state index contributed by atoms with van der Waals surface area (Å²) in [6.07, 6.45) is 0. The summed E-state index contributed by atoms with van der Waals surface area (Å²) < 4.78 is 1.76. The molecule has 0 N–H and O–H groups in total. The van der Waals surface area contributed by atoms with Gasteiger partial charge in [-0.1, -0.05) is 23.7 Å². The quantitative estimate of drug-likeness (QED) is 0.806. The van der Waals surface area contributed by atoms with Gasteiger partial charge in [-0.3, -0.25) is 4.68 Å². The van der Waals surface area contributed by atoms with Crippen LogP contribution in [-0.2, 0) is 12.8 Å². The Hall–Kier alpha value is -1.44. The van der Waals surface area contributed by atoms with Crippen molar-refractivity contribution in [3.05, 3.63) is 46.1 Å². The van der Waals surface area contributed by atoms with Crippen molar-refractivity contribution in [2.24, 2.45) is 7.05 Å². The number of aromatic nitrogens is 2. The van der Waals surface area contributed by atoms with E-state index in [1.54, 1.807) is 16.4 Å². The number of halogens is 1. The Balaban J connectivity index is 2.16. The zero-order valence-electron chi connectivity index (χ0n) is 10.1. The van der Waals surface area contributed by atoms with Gasteiger partial charge in [-0.2, -0.15) is 10.4 Å². The Labute approximate surface area is 115 Å². The van der Waals surface area contributed by atoms with Gasteiger partial charge >= 0.3 is 0 Å². The second-order valence-corrected chi connectivity index (χ2v) is 5.32. The summed E-state index contributed by atoms with van der Waals surface area (Å²) in [5.41, 5.74) is 2.61. The molecule has 92 valence electrons. The summed E-state index contributed by atoms with van der Waals surface area (Å²) >= 11 is 7.45. The number of aryl methyl sites for hydroxylation is 2. The van der Waals surface area contributed by atoms with Gasteiger partial charge < -0.3 is 0 Å². The topological polar surface area (TPSA) is 41.6 Å². The Morgan fingerprint density at radius 2 is 2.06 bits per heavy atom. The minimum absolute atomic E-state index is 0.663. The molecular formula is C13H12ClN3S. The van der Waals surface area contributed by atoms with Crippen molar-refractivity contribution in [2.45, 2.75) is 17.7 Å². The fourth-order valence-corrected chi connectivity index (χ4v) is 2.85. The monoisotopic (exact) mass is 277 g/mol. The van der Waals surface area contributed by atoms with E-state index < -0.39 is 0 Å². The van der Waals surface area contributed by atoms with E-state index in [2.05, 4.69) is 11.2 Å². The molecule has 0 atom stereocenters. The average Bonchev–Trinajstić information content (AvgIpc) is 2.62. The van der Waals surface area contributed by atoms with Crippen LogP contribution in [-0.4, -0.2) is 9.78 Å². The van der Waals surface area contributed by atoms with E-state index in [9.17, 15) is 0 Å². The van der Waals surface area contributed by atoms with Crippen molar-refractivity contribution in [1.82, 2.24) is 9.78 Å². The third-order valence-electron chi connectivity index (χ3n) is 2.57. The first-order chi connectivity index (χ1) is 8.61. The fraction of sp³-hybridized carbons (Fsp3) is 0.231. The van der Waals surface area contributed by atoms with E-state index in [0.717, 1.165) is 21.5 Å². The molecule has 3 nitrogen and oxygen atoms in total. The molecule has 0 radical (unpaired) electrons. The Morgan fingerprint density at radius 1 is 1.39 bits per heavy atom. The van der Waals surface area contributed by atoms with Gasteiger partial charge in [0.2, 0.25) is 0 Å². The van der Waals surface area contributed by atoms with E-state index in [1.807, 2.05) is 38.2 Å². The summed E-state index contributed by atoms with van der Waals surface area (Å²) in [4.78, 5) is 0. The molecule has 0 saturated heterocycles. The van der Waals surface area contributed by atoms with Crippen molar-refractivity contribution in [2.75, 3.05) is 0 Å². The number of benzene rings is 1. The van der Waals surface area contributed by atoms with E-state index >= 15 is 0 Å². The second kappa shape index (κ2) is 5.47. The Kier molecular flexibility index (Phi) is 3.95. The SMILES string of the molecule is Cc1nn(C)c(SCc2ccc(Cl)cc2)c1C#N. The maximum absolute atomic E-state index is 9.11. The first kappa shape index (κ1) is 13.0. The lowest BCUT2D eigenvalue weighted by atomic mass is 10.2. The van der Waals surface area contributed by atoms with Crippen molar-refractivity contribution < 1.29 is 0 Å². The molecule has 0 amide bonds. The van der Waals surface area contributed by atoms with Crippen LogP contribution in [0, 0.1) is 18.3 Å². The zero-order valence-corrected chi connectivity index (χ0v) is 11.7. The normalized spacial score (nSPS) is 10.3. The average molecular weight is 278 g/mol. The van der Waals surface area contributed by atoms with Crippen LogP contribution in [0.15, 0.2) is 29.3 Å². The lowest BCUT2D eigenvalue weighted by molar-refractivity contribution is 0.691. The van der Waals surface area contributed by atoms with E-state index in [1.165, 1.54) is 5.56 Å². The van der Waals surface area contributed by atoms with Crippen molar-refractivity contribution in [3.8, 4) is 6.07 Å². The van der Waals surface area contributed by atoms with Gasteiger partial charge in [0.1, 0.15) is 16.7 Å². The first-order valence-electron chi connectivity index (χ1n) is 5.42. The Bertz CT molecular complexity index is 596. The minimum atomic E-state index is 0.663. The number of thioether (sulfide) groups is 1. The predicted octanol–water partition coefficient (Wildman–Crippen LogP) is 3.55. The number of nitriles is 1. The summed E-state index contributed by atoms with van der Waals surface area (Å²) in [6, 6.07) is 9.93. The molecule has 0 aliphatic carbocycles. The first-order valence-corrected chi connectivity index (χ1v) is 6.79. The van der Waals surface area contributed by atoms with Crippen LogP contribution >= 0.6 is 23.4 Å². The van der Waals surface area contributed by atoms with Crippen LogP contribution in [0.25, 0.3) is 0 Å². The van der Waals surface area contributed by atoms with Gasteiger partial charge in [0, 0.05) is 17.8 Å². The highest BCUT2D eigenvalue weighted by Crippen LogP contribution is 2.27. The third kappa shape index (κ3) is 2.69. The van der Waals surface area contributed by atoms with Crippen LogP contribution < -0.4 is 0 Å². The van der Waals surface area contributed by atoms with Crippen LogP contribution in [0.4, 0.5) is 0 Å².